The van der Waals surface area contributed by atoms with Gasteiger partial charge in [0.15, 0.2) is 15.0 Å². The molecule has 1 heterocycles. The molecule has 0 aliphatic heterocycles. The Balaban J connectivity index is 1.90. The van der Waals surface area contributed by atoms with E-state index in [1.54, 1.807) is 26.0 Å². The third-order valence-corrected chi connectivity index (χ3v) is 7.17. The summed E-state index contributed by atoms with van der Waals surface area (Å²) in [6, 6.07) is 10.2. The van der Waals surface area contributed by atoms with Gasteiger partial charge in [0.2, 0.25) is 0 Å². The van der Waals surface area contributed by atoms with Crippen molar-refractivity contribution in [2.75, 3.05) is 5.32 Å². The molecule has 1 N–H and O–H groups in total. The SMILES string of the molecule is Cc1cc(C)c2nc(NC(=O)c3cccc(S(=O)(=O)C(C)C)c3)sc2c1. The average Bonchev–Trinajstić information content (AvgIpc) is 2.97. The second kappa shape index (κ2) is 6.81. The molecule has 0 radical (unpaired) electrons. The van der Waals surface area contributed by atoms with Gasteiger partial charge in [-0.2, -0.15) is 0 Å². The molecular formula is C19H20N2O3S2. The summed E-state index contributed by atoms with van der Waals surface area (Å²) in [6.07, 6.45) is 0. The summed E-state index contributed by atoms with van der Waals surface area (Å²) in [7, 11) is -3.43. The van der Waals surface area contributed by atoms with Gasteiger partial charge >= 0.3 is 0 Å². The van der Waals surface area contributed by atoms with Crippen LogP contribution in [0.5, 0.6) is 0 Å². The zero-order chi connectivity index (χ0) is 19.1. The number of rotatable bonds is 4. The number of aryl methyl sites for hydroxylation is 2. The molecule has 1 aromatic heterocycles. The van der Waals surface area contributed by atoms with Crippen molar-refractivity contribution in [3.63, 3.8) is 0 Å². The molecule has 1 amide bonds. The van der Waals surface area contributed by atoms with E-state index in [1.807, 2.05) is 26.0 Å². The lowest BCUT2D eigenvalue weighted by atomic mass is 10.1. The van der Waals surface area contributed by atoms with E-state index >= 15 is 0 Å². The van der Waals surface area contributed by atoms with Crippen molar-refractivity contribution in [1.82, 2.24) is 4.98 Å². The molecule has 0 saturated carbocycles. The Hall–Kier alpha value is -2.25. The van der Waals surface area contributed by atoms with E-state index < -0.39 is 15.1 Å². The lowest BCUT2D eigenvalue weighted by Gasteiger charge is -2.09. The number of aromatic nitrogens is 1. The molecule has 26 heavy (non-hydrogen) atoms. The third kappa shape index (κ3) is 3.50. The van der Waals surface area contributed by atoms with Gasteiger partial charge in [-0.25, -0.2) is 13.4 Å². The minimum absolute atomic E-state index is 0.149. The number of benzene rings is 2. The minimum atomic E-state index is -3.43. The molecule has 5 nitrogen and oxygen atoms in total. The van der Waals surface area contributed by atoms with Crippen LogP contribution in [0.1, 0.15) is 35.3 Å². The zero-order valence-electron chi connectivity index (χ0n) is 15.0. The Morgan fingerprint density at radius 3 is 2.58 bits per heavy atom. The molecule has 0 atom stereocenters. The van der Waals surface area contributed by atoms with Crippen molar-refractivity contribution in [1.29, 1.82) is 0 Å². The predicted octanol–water partition coefficient (Wildman–Crippen LogP) is 4.35. The normalized spacial score (nSPS) is 11.9. The molecule has 2 aromatic carbocycles. The van der Waals surface area contributed by atoms with Gasteiger partial charge in [0.05, 0.1) is 20.4 Å². The van der Waals surface area contributed by atoms with E-state index in [0.717, 1.165) is 21.3 Å². The van der Waals surface area contributed by atoms with Crippen LogP contribution < -0.4 is 5.32 Å². The van der Waals surface area contributed by atoms with Gasteiger partial charge in [0.1, 0.15) is 0 Å². The highest BCUT2D eigenvalue weighted by Crippen LogP contribution is 2.29. The maximum absolute atomic E-state index is 12.6. The highest BCUT2D eigenvalue weighted by atomic mass is 32.2. The fourth-order valence-electron chi connectivity index (χ4n) is 2.68. The molecule has 3 aromatic rings. The summed E-state index contributed by atoms with van der Waals surface area (Å²) in [5, 5.41) is 2.73. The Kier molecular flexibility index (Phi) is 4.86. The number of nitrogens with one attached hydrogen (secondary N) is 1. The van der Waals surface area contributed by atoms with Gasteiger partial charge in [-0.3, -0.25) is 10.1 Å². The van der Waals surface area contributed by atoms with Crippen molar-refractivity contribution >= 4 is 42.4 Å². The van der Waals surface area contributed by atoms with E-state index in [4.69, 9.17) is 0 Å². The summed E-state index contributed by atoms with van der Waals surface area (Å²) in [4.78, 5) is 17.2. The van der Waals surface area contributed by atoms with Crippen molar-refractivity contribution in [2.45, 2.75) is 37.8 Å². The fourth-order valence-corrected chi connectivity index (χ4v) is 4.82. The molecule has 0 spiro atoms. The lowest BCUT2D eigenvalue weighted by Crippen LogP contribution is -2.16. The van der Waals surface area contributed by atoms with Crippen molar-refractivity contribution < 1.29 is 13.2 Å². The van der Waals surface area contributed by atoms with Crippen LogP contribution in [0.25, 0.3) is 10.2 Å². The number of amides is 1. The van der Waals surface area contributed by atoms with E-state index in [1.165, 1.54) is 23.5 Å². The number of hydrogen-bond acceptors (Lipinski definition) is 5. The second-order valence-electron chi connectivity index (χ2n) is 6.52. The fraction of sp³-hybridized carbons (Fsp3) is 0.263. The Morgan fingerprint density at radius 1 is 1.15 bits per heavy atom. The maximum atomic E-state index is 12.6. The van der Waals surface area contributed by atoms with Crippen LogP contribution in [0, 0.1) is 13.8 Å². The van der Waals surface area contributed by atoms with Crippen molar-refractivity contribution in [3.05, 3.63) is 53.1 Å². The van der Waals surface area contributed by atoms with E-state index in [9.17, 15) is 13.2 Å². The smallest absolute Gasteiger partial charge is 0.257 e. The molecule has 0 unspecified atom stereocenters. The predicted molar refractivity (Wildman–Crippen MR) is 106 cm³/mol. The third-order valence-electron chi connectivity index (χ3n) is 4.10. The summed E-state index contributed by atoms with van der Waals surface area (Å²) < 4.78 is 25.6. The van der Waals surface area contributed by atoms with Crippen molar-refractivity contribution in [2.24, 2.45) is 0 Å². The van der Waals surface area contributed by atoms with Gasteiger partial charge in [0, 0.05) is 5.56 Å². The van der Waals surface area contributed by atoms with Crippen LogP contribution >= 0.6 is 11.3 Å². The van der Waals surface area contributed by atoms with Gasteiger partial charge in [-0.1, -0.05) is 23.5 Å². The molecule has 0 aliphatic carbocycles. The molecule has 0 fully saturated rings. The molecule has 0 aliphatic rings. The van der Waals surface area contributed by atoms with E-state index in [2.05, 4.69) is 10.3 Å². The first-order valence-electron chi connectivity index (χ1n) is 8.21. The van der Waals surface area contributed by atoms with Crippen LogP contribution in [0.4, 0.5) is 5.13 Å². The number of sulfone groups is 1. The van der Waals surface area contributed by atoms with Crippen LogP contribution in [0.15, 0.2) is 41.3 Å². The first kappa shape index (κ1) is 18.5. The number of hydrogen-bond donors (Lipinski definition) is 1. The molecule has 0 saturated heterocycles. The monoisotopic (exact) mass is 388 g/mol. The topological polar surface area (TPSA) is 76.1 Å². The van der Waals surface area contributed by atoms with Crippen LogP contribution in [0.2, 0.25) is 0 Å². The van der Waals surface area contributed by atoms with Crippen LogP contribution in [-0.4, -0.2) is 24.6 Å². The van der Waals surface area contributed by atoms with Gasteiger partial charge in [-0.15, -0.1) is 0 Å². The average molecular weight is 389 g/mol. The minimum Gasteiger partial charge on any atom is -0.298 e. The number of fused-ring (bicyclic) bond motifs is 1. The van der Waals surface area contributed by atoms with Crippen LogP contribution in [-0.2, 0) is 9.84 Å². The highest BCUT2D eigenvalue weighted by molar-refractivity contribution is 7.92. The molecule has 0 bridgehead atoms. The zero-order valence-corrected chi connectivity index (χ0v) is 16.7. The largest absolute Gasteiger partial charge is 0.298 e. The Morgan fingerprint density at radius 2 is 1.88 bits per heavy atom. The van der Waals surface area contributed by atoms with Gasteiger partial charge in [0.25, 0.3) is 5.91 Å². The Bertz CT molecular complexity index is 1100. The first-order valence-corrected chi connectivity index (χ1v) is 10.6. The molecule has 136 valence electrons. The summed E-state index contributed by atoms with van der Waals surface area (Å²) in [5.74, 6) is -0.376. The van der Waals surface area contributed by atoms with E-state index in [0.29, 0.717) is 10.7 Å². The lowest BCUT2D eigenvalue weighted by molar-refractivity contribution is 0.102. The summed E-state index contributed by atoms with van der Waals surface area (Å²) in [6.45, 7) is 7.24. The Labute approximate surface area is 157 Å². The summed E-state index contributed by atoms with van der Waals surface area (Å²) >= 11 is 1.40. The number of carbonyl (C=O) groups excluding carboxylic acids is 1. The number of anilines is 1. The number of thiazole rings is 1. The quantitative estimate of drug-likeness (QED) is 0.721. The van der Waals surface area contributed by atoms with Gasteiger partial charge in [-0.05, 0) is 63.1 Å². The van der Waals surface area contributed by atoms with E-state index in [-0.39, 0.29) is 10.8 Å². The number of nitrogens with zero attached hydrogens (tertiary/aromatic N) is 1. The summed E-state index contributed by atoms with van der Waals surface area (Å²) in [5.41, 5.74) is 3.36. The highest BCUT2D eigenvalue weighted by Gasteiger charge is 2.20. The van der Waals surface area contributed by atoms with Crippen LogP contribution in [0.3, 0.4) is 0 Å². The molecule has 7 heteroatoms. The maximum Gasteiger partial charge on any atom is 0.257 e. The standard InChI is InChI=1S/C19H20N2O3S2/c1-11(2)26(23,24)15-7-5-6-14(10-15)18(22)21-19-20-17-13(4)8-12(3)9-16(17)25-19/h5-11H,1-4H3,(H,20,21,22). The van der Waals surface area contributed by atoms with Crippen molar-refractivity contribution in [3.8, 4) is 0 Å². The molecular weight excluding hydrogens is 368 g/mol. The molecule has 3 rings (SSSR count). The number of carbonyl (C=O) groups is 1. The van der Waals surface area contributed by atoms with Gasteiger partial charge < -0.3 is 0 Å². The first-order chi connectivity index (χ1) is 12.2. The second-order valence-corrected chi connectivity index (χ2v) is 10.1.